The molecule has 0 heterocycles. The number of carbonyl (C=O) groups is 1. The van der Waals surface area contributed by atoms with Crippen LogP contribution in [0.1, 0.15) is 35.7 Å². The minimum absolute atomic E-state index is 0.184. The SMILES string of the molecule is CCNC(=NCCNC(=O)c1ccc(C(F)(F)F)cc1)NC1CC=CC1. The highest BCUT2D eigenvalue weighted by molar-refractivity contribution is 5.94. The molecular weight excluding hydrogens is 345 g/mol. The highest BCUT2D eigenvalue weighted by atomic mass is 19.4. The molecule has 0 unspecified atom stereocenters. The lowest BCUT2D eigenvalue weighted by atomic mass is 10.1. The van der Waals surface area contributed by atoms with E-state index in [-0.39, 0.29) is 5.56 Å². The molecule has 26 heavy (non-hydrogen) atoms. The number of nitrogens with one attached hydrogen (secondary N) is 3. The third-order valence-corrected chi connectivity index (χ3v) is 3.83. The summed E-state index contributed by atoms with van der Waals surface area (Å²) < 4.78 is 37.6. The Hall–Kier alpha value is -2.51. The van der Waals surface area contributed by atoms with Crippen LogP contribution in [0.5, 0.6) is 0 Å². The van der Waals surface area contributed by atoms with E-state index < -0.39 is 17.6 Å². The van der Waals surface area contributed by atoms with E-state index in [2.05, 4.69) is 33.1 Å². The average molecular weight is 368 g/mol. The Morgan fingerprint density at radius 2 is 1.81 bits per heavy atom. The normalized spacial score (nSPS) is 15.2. The summed E-state index contributed by atoms with van der Waals surface area (Å²) in [6.45, 7) is 3.35. The molecule has 0 spiro atoms. The molecule has 3 N–H and O–H groups in total. The summed E-state index contributed by atoms with van der Waals surface area (Å²) >= 11 is 0. The zero-order chi connectivity index (χ0) is 19.0. The van der Waals surface area contributed by atoms with Crippen LogP contribution in [-0.4, -0.2) is 37.5 Å². The summed E-state index contributed by atoms with van der Waals surface area (Å²) in [6.07, 6.45) is 1.73. The molecule has 0 saturated heterocycles. The molecule has 1 aromatic rings. The molecule has 0 saturated carbocycles. The molecular formula is C18H23F3N4O. The minimum atomic E-state index is -4.41. The number of rotatable bonds is 6. The highest BCUT2D eigenvalue weighted by Crippen LogP contribution is 2.29. The molecule has 1 aliphatic carbocycles. The van der Waals surface area contributed by atoms with Crippen molar-refractivity contribution in [3.05, 3.63) is 47.5 Å². The van der Waals surface area contributed by atoms with E-state index >= 15 is 0 Å². The van der Waals surface area contributed by atoms with Crippen molar-refractivity contribution < 1.29 is 18.0 Å². The molecule has 8 heteroatoms. The van der Waals surface area contributed by atoms with Crippen LogP contribution in [0.25, 0.3) is 0 Å². The quantitative estimate of drug-likeness (QED) is 0.313. The van der Waals surface area contributed by atoms with E-state index in [0.29, 0.717) is 25.1 Å². The van der Waals surface area contributed by atoms with Gasteiger partial charge in [0, 0.05) is 24.7 Å². The van der Waals surface area contributed by atoms with Crippen molar-refractivity contribution >= 4 is 11.9 Å². The minimum Gasteiger partial charge on any atom is -0.357 e. The summed E-state index contributed by atoms with van der Waals surface area (Å²) in [7, 11) is 0. The summed E-state index contributed by atoms with van der Waals surface area (Å²) in [6, 6.07) is 4.46. The Balaban J connectivity index is 1.80. The second kappa shape index (κ2) is 9.26. The lowest BCUT2D eigenvalue weighted by molar-refractivity contribution is -0.137. The Morgan fingerprint density at radius 1 is 1.15 bits per heavy atom. The summed E-state index contributed by atoms with van der Waals surface area (Å²) in [5.74, 6) is 0.261. The molecule has 0 bridgehead atoms. The predicted octanol–water partition coefficient (Wildman–Crippen LogP) is 2.71. The zero-order valence-corrected chi connectivity index (χ0v) is 14.6. The average Bonchev–Trinajstić information content (AvgIpc) is 3.11. The standard InChI is InChI=1S/C18H23F3N4O/c1-2-22-17(25-15-5-3-4-6-15)24-12-11-23-16(26)13-7-9-14(10-8-13)18(19,20)21/h3-4,7-10,15H,2,5-6,11-12H2,1H3,(H,23,26)(H2,22,24,25). The maximum atomic E-state index is 12.5. The first-order valence-electron chi connectivity index (χ1n) is 8.55. The maximum Gasteiger partial charge on any atom is 0.416 e. The van der Waals surface area contributed by atoms with E-state index in [1.54, 1.807) is 0 Å². The lowest BCUT2D eigenvalue weighted by Gasteiger charge is -2.16. The van der Waals surface area contributed by atoms with Crippen molar-refractivity contribution in [1.82, 2.24) is 16.0 Å². The Kier molecular flexibility index (Phi) is 7.06. The third kappa shape index (κ3) is 6.09. The van der Waals surface area contributed by atoms with Crippen molar-refractivity contribution in [2.24, 2.45) is 4.99 Å². The molecule has 5 nitrogen and oxygen atoms in total. The number of amides is 1. The van der Waals surface area contributed by atoms with Crippen LogP contribution in [0.2, 0.25) is 0 Å². The van der Waals surface area contributed by atoms with Crippen molar-refractivity contribution in [3.63, 3.8) is 0 Å². The van der Waals surface area contributed by atoms with Gasteiger partial charge < -0.3 is 16.0 Å². The molecule has 1 amide bonds. The number of guanidine groups is 1. The van der Waals surface area contributed by atoms with E-state index in [4.69, 9.17) is 0 Å². The molecule has 0 fully saturated rings. The zero-order valence-electron chi connectivity index (χ0n) is 14.6. The van der Waals surface area contributed by atoms with Gasteiger partial charge in [0.1, 0.15) is 0 Å². The van der Waals surface area contributed by atoms with Gasteiger partial charge in [-0.2, -0.15) is 13.2 Å². The first kappa shape index (κ1) is 19.8. The van der Waals surface area contributed by atoms with Crippen molar-refractivity contribution in [2.75, 3.05) is 19.6 Å². The van der Waals surface area contributed by atoms with Gasteiger partial charge in [-0.3, -0.25) is 9.79 Å². The Morgan fingerprint density at radius 3 is 2.38 bits per heavy atom. The number of carbonyl (C=O) groups excluding carboxylic acids is 1. The fourth-order valence-electron chi connectivity index (χ4n) is 2.50. The van der Waals surface area contributed by atoms with Crippen LogP contribution in [0.15, 0.2) is 41.4 Å². The van der Waals surface area contributed by atoms with Crippen molar-refractivity contribution in [3.8, 4) is 0 Å². The van der Waals surface area contributed by atoms with E-state index in [1.807, 2.05) is 6.92 Å². The van der Waals surface area contributed by atoms with Gasteiger partial charge in [-0.25, -0.2) is 0 Å². The second-order valence-corrected chi connectivity index (χ2v) is 5.88. The number of hydrogen-bond donors (Lipinski definition) is 3. The third-order valence-electron chi connectivity index (χ3n) is 3.83. The van der Waals surface area contributed by atoms with Gasteiger partial charge >= 0.3 is 6.18 Å². The summed E-state index contributed by atoms with van der Waals surface area (Å²) in [5, 5.41) is 9.11. The monoisotopic (exact) mass is 368 g/mol. The van der Waals surface area contributed by atoms with Crippen LogP contribution < -0.4 is 16.0 Å². The summed E-state index contributed by atoms with van der Waals surface area (Å²) in [5.41, 5.74) is -0.592. The highest BCUT2D eigenvalue weighted by Gasteiger charge is 2.30. The van der Waals surface area contributed by atoms with E-state index in [9.17, 15) is 18.0 Å². The lowest BCUT2D eigenvalue weighted by Crippen LogP contribution is -2.43. The van der Waals surface area contributed by atoms with Crippen LogP contribution in [0.4, 0.5) is 13.2 Å². The van der Waals surface area contributed by atoms with Crippen molar-refractivity contribution in [1.29, 1.82) is 0 Å². The molecule has 2 rings (SSSR count). The molecule has 0 radical (unpaired) electrons. The van der Waals surface area contributed by atoms with Gasteiger partial charge in [-0.15, -0.1) is 0 Å². The van der Waals surface area contributed by atoms with Gasteiger partial charge in [0.2, 0.25) is 0 Å². The smallest absolute Gasteiger partial charge is 0.357 e. The number of alkyl halides is 3. The number of hydrogen-bond acceptors (Lipinski definition) is 2. The Bertz CT molecular complexity index is 645. The largest absolute Gasteiger partial charge is 0.416 e. The first-order chi connectivity index (χ1) is 12.4. The Labute approximate surface area is 150 Å². The van der Waals surface area contributed by atoms with Crippen LogP contribution >= 0.6 is 0 Å². The van der Waals surface area contributed by atoms with Gasteiger partial charge in [0.15, 0.2) is 5.96 Å². The van der Waals surface area contributed by atoms with Crippen LogP contribution in [0.3, 0.4) is 0 Å². The van der Waals surface area contributed by atoms with Gasteiger partial charge in [0.05, 0.1) is 12.1 Å². The fraction of sp³-hybridized carbons (Fsp3) is 0.444. The second-order valence-electron chi connectivity index (χ2n) is 5.88. The molecule has 0 atom stereocenters. The number of nitrogens with zero attached hydrogens (tertiary/aromatic N) is 1. The van der Waals surface area contributed by atoms with Crippen molar-refractivity contribution in [2.45, 2.75) is 32.0 Å². The number of benzene rings is 1. The number of aliphatic imine (C=N–C) groups is 1. The van der Waals surface area contributed by atoms with Crippen LogP contribution in [0, 0.1) is 0 Å². The number of halogens is 3. The maximum absolute atomic E-state index is 12.5. The topological polar surface area (TPSA) is 65.5 Å². The van der Waals surface area contributed by atoms with Gasteiger partial charge in [-0.05, 0) is 44.0 Å². The van der Waals surface area contributed by atoms with E-state index in [1.165, 1.54) is 12.1 Å². The van der Waals surface area contributed by atoms with E-state index in [0.717, 1.165) is 31.5 Å². The molecule has 1 aromatic carbocycles. The molecule has 1 aliphatic rings. The molecule has 0 aromatic heterocycles. The predicted molar refractivity (Wildman–Crippen MR) is 95.1 cm³/mol. The first-order valence-corrected chi connectivity index (χ1v) is 8.55. The van der Waals surface area contributed by atoms with Crippen LogP contribution in [-0.2, 0) is 6.18 Å². The molecule has 142 valence electrons. The molecule has 0 aliphatic heterocycles. The fourth-order valence-corrected chi connectivity index (χ4v) is 2.50. The summed E-state index contributed by atoms with van der Waals surface area (Å²) in [4.78, 5) is 16.4. The van der Waals surface area contributed by atoms with Gasteiger partial charge in [0.25, 0.3) is 5.91 Å². The van der Waals surface area contributed by atoms with Gasteiger partial charge in [-0.1, -0.05) is 12.2 Å².